The average molecular weight is 209 g/mol. The predicted octanol–water partition coefficient (Wildman–Crippen LogP) is 1.72. The van der Waals surface area contributed by atoms with Gasteiger partial charge in [-0.25, -0.2) is 0 Å². The van der Waals surface area contributed by atoms with E-state index in [1.807, 2.05) is 19.2 Å². The highest BCUT2D eigenvalue weighted by molar-refractivity contribution is 6.33. The lowest BCUT2D eigenvalue weighted by Gasteiger charge is -2.05. The minimum Gasteiger partial charge on any atom is -0.397 e. The van der Waals surface area contributed by atoms with Crippen molar-refractivity contribution in [2.75, 3.05) is 5.73 Å². The van der Waals surface area contributed by atoms with Gasteiger partial charge in [-0.1, -0.05) is 17.7 Å². The molecule has 0 unspecified atom stereocenters. The average Bonchev–Trinajstić information content (AvgIpc) is 2.57. The van der Waals surface area contributed by atoms with Crippen molar-refractivity contribution < 1.29 is 0 Å². The molecule has 1 aromatic carbocycles. The van der Waals surface area contributed by atoms with Gasteiger partial charge in [0.05, 0.1) is 10.7 Å². The van der Waals surface area contributed by atoms with Crippen LogP contribution in [0.1, 0.15) is 0 Å². The van der Waals surface area contributed by atoms with Crippen LogP contribution in [-0.2, 0) is 7.05 Å². The molecule has 0 bridgehead atoms. The van der Waals surface area contributed by atoms with Crippen molar-refractivity contribution in [3.63, 3.8) is 0 Å². The van der Waals surface area contributed by atoms with Gasteiger partial charge in [-0.05, 0) is 12.1 Å². The quantitative estimate of drug-likeness (QED) is 0.726. The number of hydrogen-bond donors (Lipinski definition) is 1. The van der Waals surface area contributed by atoms with Gasteiger partial charge in [0.15, 0.2) is 5.82 Å². The molecule has 2 aromatic rings. The van der Waals surface area contributed by atoms with Gasteiger partial charge in [-0.3, -0.25) is 0 Å². The third kappa shape index (κ3) is 1.33. The standard InChI is InChI=1S/C9H9ClN4/c1-14-5-12-13-9(14)6-3-2-4-7(10)8(6)11/h2-5H,11H2,1H3. The van der Waals surface area contributed by atoms with E-state index in [2.05, 4.69) is 10.2 Å². The molecule has 0 atom stereocenters. The Balaban J connectivity index is 2.63. The topological polar surface area (TPSA) is 56.7 Å². The minimum absolute atomic E-state index is 0.533. The number of rotatable bonds is 1. The number of para-hydroxylation sites is 1. The van der Waals surface area contributed by atoms with E-state index < -0.39 is 0 Å². The number of hydrogen-bond acceptors (Lipinski definition) is 3. The van der Waals surface area contributed by atoms with Gasteiger partial charge in [-0.2, -0.15) is 0 Å². The Kier molecular flexibility index (Phi) is 2.13. The van der Waals surface area contributed by atoms with Crippen molar-refractivity contribution in [3.05, 3.63) is 29.5 Å². The molecule has 0 aliphatic rings. The van der Waals surface area contributed by atoms with E-state index >= 15 is 0 Å². The van der Waals surface area contributed by atoms with Gasteiger partial charge in [0.1, 0.15) is 6.33 Å². The van der Waals surface area contributed by atoms with Gasteiger partial charge >= 0.3 is 0 Å². The molecular weight excluding hydrogens is 200 g/mol. The van der Waals surface area contributed by atoms with Gasteiger partial charge in [0.2, 0.25) is 0 Å². The fourth-order valence-corrected chi connectivity index (χ4v) is 1.43. The van der Waals surface area contributed by atoms with E-state index in [9.17, 15) is 0 Å². The number of aromatic nitrogens is 3. The van der Waals surface area contributed by atoms with Crippen LogP contribution in [-0.4, -0.2) is 14.8 Å². The summed E-state index contributed by atoms with van der Waals surface area (Å²) in [7, 11) is 1.86. The Bertz CT molecular complexity index is 464. The molecule has 1 heterocycles. The Morgan fingerprint density at radius 1 is 1.43 bits per heavy atom. The number of benzene rings is 1. The number of nitrogens with zero attached hydrogens (tertiary/aromatic N) is 3. The largest absolute Gasteiger partial charge is 0.397 e. The van der Waals surface area contributed by atoms with Gasteiger partial charge in [0.25, 0.3) is 0 Å². The second kappa shape index (κ2) is 3.31. The fraction of sp³-hybridized carbons (Fsp3) is 0.111. The predicted molar refractivity (Wildman–Crippen MR) is 55.9 cm³/mol. The Morgan fingerprint density at radius 3 is 2.86 bits per heavy atom. The van der Waals surface area contributed by atoms with Crippen LogP contribution in [0.15, 0.2) is 24.5 Å². The first-order chi connectivity index (χ1) is 6.70. The molecule has 0 fully saturated rings. The number of nitrogens with two attached hydrogens (primary N) is 1. The van der Waals surface area contributed by atoms with Crippen LogP contribution >= 0.6 is 11.6 Å². The molecule has 0 saturated carbocycles. The Hall–Kier alpha value is -1.55. The SMILES string of the molecule is Cn1cnnc1-c1cccc(Cl)c1N. The molecule has 14 heavy (non-hydrogen) atoms. The molecule has 4 nitrogen and oxygen atoms in total. The van der Waals surface area contributed by atoms with Crippen LogP contribution < -0.4 is 5.73 Å². The summed E-state index contributed by atoms with van der Waals surface area (Å²) in [5, 5.41) is 8.28. The molecule has 0 aliphatic heterocycles. The summed E-state index contributed by atoms with van der Waals surface area (Å²) in [6.07, 6.45) is 1.62. The summed E-state index contributed by atoms with van der Waals surface area (Å²) < 4.78 is 1.79. The first kappa shape index (κ1) is 9.02. The maximum absolute atomic E-state index is 5.90. The van der Waals surface area contributed by atoms with Crippen molar-refractivity contribution in [1.82, 2.24) is 14.8 Å². The van der Waals surface area contributed by atoms with Crippen molar-refractivity contribution in [3.8, 4) is 11.4 Å². The lowest BCUT2D eigenvalue weighted by atomic mass is 10.1. The molecule has 0 saturated heterocycles. The van der Waals surface area contributed by atoms with E-state index in [0.29, 0.717) is 16.5 Å². The highest BCUT2D eigenvalue weighted by Crippen LogP contribution is 2.29. The highest BCUT2D eigenvalue weighted by Gasteiger charge is 2.09. The summed E-state index contributed by atoms with van der Waals surface area (Å²) in [5.41, 5.74) is 7.17. The second-order valence-corrected chi connectivity index (χ2v) is 3.37. The summed E-state index contributed by atoms with van der Waals surface area (Å²) in [6.45, 7) is 0. The summed E-state index contributed by atoms with van der Waals surface area (Å²) in [4.78, 5) is 0. The second-order valence-electron chi connectivity index (χ2n) is 2.97. The summed E-state index contributed by atoms with van der Waals surface area (Å²) in [6, 6.07) is 5.45. The van der Waals surface area contributed by atoms with Crippen LogP contribution in [0.3, 0.4) is 0 Å². The minimum atomic E-state index is 0.533. The molecule has 72 valence electrons. The molecule has 0 aliphatic carbocycles. The van der Waals surface area contributed by atoms with Crippen LogP contribution in [0, 0.1) is 0 Å². The third-order valence-electron chi connectivity index (χ3n) is 2.01. The van der Waals surface area contributed by atoms with Crippen molar-refractivity contribution in [2.24, 2.45) is 7.05 Å². The van der Waals surface area contributed by atoms with Crippen LogP contribution in [0.5, 0.6) is 0 Å². The monoisotopic (exact) mass is 208 g/mol. The molecule has 1 aromatic heterocycles. The van der Waals surface area contributed by atoms with Gasteiger partial charge in [0, 0.05) is 12.6 Å². The van der Waals surface area contributed by atoms with Crippen LogP contribution in [0.25, 0.3) is 11.4 Å². The fourth-order valence-electron chi connectivity index (χ4n) is 1.26. The normalized spacial score (nSPS) is 10.4. The first-order valence-corrected chi connectivity index (χ1v) is 4.46. The lowest BCUT2D eigenvalue weighted by Crippen LogP contribution is -1.96. The van der Waals surface area contributed by atoms with Crippen molar-refractivity contribution in [2.45, 2.75) is 0 Å². The van der Waals surface area contributed by atoms with E-state index in [4.69, 9.17) is 17.3 Å². The van der Waals surface area contributed by atoms with Crippen LogP contribution in [0.2, 0.25) is 5.02 Å². The molecular formula is C9H9ClN4. The maximum atomic E-state index is 5.90. The van der Waals surface area contributed by atoms with Gasteiger partial charge in [-0.15, -0.1) is 10.2 Å². The summed E-state index contributed by atoms with van der Waals surface area (Å²) >= 11 is 5.90. The molecule has 2 rings (SSSR count). The number of anilines is 1. The first-order valence-electron chi connectivity index (χ1n) is 4.08. The van der Waals surface area contributed by atoms with E-state index in [1.54, 1.807) is 17.0 Å². The van der Waals surface area contributed by atoms with E-state index in [1.165, 1.54) is 0 Å². The molecule has 5 heteroatoms. The summed E-state index contributed by atoms with van der Waals surface area (Å²) in [5.74, 6) is 0.713. The zero-order valence-electron chi connectivity index (χ0n) is 7.61. The lowest BCUT2D eigenvalue weighted by molar-refractivity contribution is 0.920. The molecule has 2 N–H and O–H groups in total. The Morgan fingerprint density at radius 2 is 2.21 bits per heavy atom. The Labute approximate surface area is 86.3 Å². The third-order valence-corrected chi connectivity index (χ3v) is 2.33. The number of aryl methyl sites for hydroxylation is 1. The zero-order chi connectivity index (χ0) is 10.1. The molecule has 0 spiro atoms. The van der Waals surface area contributed by atoms with Crippen molar-refractivity contribution in [1.29, 1.82) is 0 Å². The number of nitrogen functional groups attached to an aromatic ring is 1. The number of halogens is 1. The molecule has 0 amide bonds. The highest BCUT2D eigenvalue weighted by atomic mass is 35.5. The molecule has 0 radical (unpaired) electrons. The maximum Gasteiger partial charge on any atom is 0.165 e. The van der Waals surface area contributed by atoms with Gasteiger partial charge < -0.3 is 10.3 Å². The van der Waals surface area contributed by atoms with Crippen molar-refractivity contribution >= 4 is 17.3 Å². The zero-order valence-corrected chi connectivity index (χ0v) is 8.36. The van der Waals surface area contributed by atoms with Crippen LogP contribution in [0.4, 0.5) is 5.69 Å². The van der Waals surface area contributed by atoms with E-state index in [-0.39, 0.29) is 0 Å². The smallest absolute Gasteiger partial charge is 0.165 e. The van der Waals surface area contributed by atoms with E-state index in [0.717, 1.165) is 5.56 Å².